The Labute approximate surface area is 145 Å². The van der Waals surface area contributed by atoms with Gasteiger partial charge in [-0.15, -0.1) is 0 Å². The Morgan fingerprint density at radius 1 is 1.04 bits per heavy atom. The van der Waals surface area contributed by atoms with Gasteiger partial charge in [0.05, 0.1) is 18.6 Å². The highest BCUT2D eigenvalue weighted by Crippen LogP contribution is 2.20. The van der Waals surface area contributed by atoms with Crippen molar-refractivity contribution in [2.45, 2.75) is 12.8 Å². The fraction of sp³-hybridized carbons (Fsp3) is 0.316. The second-order valence-electron chi connectivity index (χ2n) is 6.05. The molecule has 0 aliphatic carbocycles. The number of methoxy groups -OCH3 is 1. The molecule has 0 atom stereocenters. The van der Waals surface area contributed by atoms with Gasteiger partial charge in [0, 0.05) is 31.0 Å². The lowest BCUT2D eigenvalue weighted by atomic mass is 9.96. The van der Waals surface area contributed by atoms with Crippen LogP contribution in [0.5, 0.6) is 0 Å². The minimum absolute atomic E-state index is 0.131. The second kappa shape index (κ2) is 7.34. The van der Waals surface area contributed by atoms with Crippen LogP contribution in [0.3, 0.4) is 0 Å². The number of benzene rings is 1. The SMILES string of the molecule is COC(=O)C1CCN(C(=O)c2ccc(=O)n(-c3ccccc3)c2)CC1. The van der Waals surface area contributed by atoms with Gasteiger partial charge in [0.25, 0.3) is 11.5 Å². The average molecular weight is 340 g/mol. The molecule has 2 aromatic rings. The number of aromatic nitrogens is 1. The number of carbonyl (C=O) groups excluding carboxylic acids is 2. The van der Waals surface area contributed by atoms with Crippen molar-refractivity contribution in [1.29, 1.82) is 0 Å². The maximum atomic E-state index is 12.7. The molecular weight excluding hydrogens is 320 g/mol. The lowest BCUT2D eigenvalue weighted by Crippen LogP contribution is -2.40. The summed E-state index contributed by atoms with van der Waals surface area (Å²) in [6.07, 6.45) is 2.76. The molecule has 0 unspecified atom stereocenters. The number of esters is 1. The zero-order chi connectivity index (χ0) is 17.8. The smallest absolute Gasteiger partial charge is 0.308 e. The number of rotatable bonds is 3. The molecule has 0 N–H and O–H groups in total. The Kier molecular flexibility index (Phi) is 4.97. The molecule has 0 saturated carbocycles. The van der Waals surface area contributed by atoms with Gasteiger partial charge in [-0.05, 0) is 31.0 Å². The third kappa shape index (κ3) is 3.63. The van der Waals surface area contributed by atoms with Gasteiger partial charge in [0.1, 0.15) is 0 Å². The number of carbonyl (C=O) groups is 2. The van der Waals surface area contributed by atoms with E-state index in [0.717, 1.165) is 0 Å². The summed E-state index contributed by atoms with van der Waals surface area (Å²) in [6, 6.07) is 12.1. The molecule has 25 heavy (non-hydrogen) atoms. The van der Waals surface area contributed by atoms with E-state index in [1.54, 1.807) is 17.2 Å². The molecule has 130 valence electrons. The van der Waals surface area contributed by atoms with Crippen molar-refractivity contribution in [3.05, 3.63) is 64.6 Å². The molecule has 1 saturated heterocycles. The van der Waals surface area contributed by atoms with Crippen molar-refractivity contribution in [2.24, 2.45) is 5.92 Å². The van der Waals surface area contributed by atoms with E-state index >= 15 is 0 Å². The largest absolute Gasteiger partial charge is 0.469 e. The number of para-hydroxylation sites is 1. The van der Waals surface area contributed by atoms with Gasteiger partial charge in [-0.2, -0.15) is 0 Å². The molecule has 1 amide bonds. The lowest BCUT2D eigenvalue weighted by molar-refractivity contribution is -0.146. The van der Waals surface area contributed by atoms with Crippen molar-refractivity contribution in [1.82, 2.24) is 9.47 Å². The van der Waals surface area contributed by atoms with Crippen molar-refractivity contribution >= 4 is 11.9 Å². The first-order chi connectivity index (χ1) is 12.1. The second-order valence-corrected chi connectivity index (χ2v) is 6.05. The van der Waals surface area contributed by atoms with Gasteiger partial charge in [-0.25, -0.2) is 0 Å². The van der Waals surface area contributed by atoms with Gasteiger partial charge >= 0.3 is 5.97 Å². The quantitative estimate of drug-likeness (QED) is 0.800. The third-order valence-corrected chi connectivity index (χ3v) is 4.51. The molecule has 0 radical (unpaired) electrons. The number of pyridine rings is 1. The van der Waals surface area contributed by atoms with E-state index < -0.39 is 0 Å². The summed E-state index contributed by atoms with van der Waals surface area (Å²) in [5, 5.41) is 0. The van der Waals surface area contributed by atoms with Crippen molar-refractivity contribution < 1.29 is 14.3 Å². The average Bonchev–Trinajstić information content (AvgIpc) is 2.68. The Balaban J connectivity index is 1.78. The maximum Gasteiger partial charge on any atom is 0.308 e. The van der Waals surface area contributed by atoms with Crippen LogP contribution in [0, 0.1) is 5.92 Å². The first-order valence-corrected chi connectivity index (χ1v) is 8.25. The Morgan fingerprint density at radius 2 is 1.72 bits per heavy atom. The van der Waals surface area contributed by atoms with Gasteiger partial charge in [0.15, 0.2) is 0 Å². The standard InChI is InChI=1S/C19H20N2O4/c1-25-19(24)14-9-11-20(12-10-14)18(23)15-7-8-17(22)21(13-15)16-5-3-2-4-6-16/h2-8,13-14H,9-12H2,1H3. The molecule has 0 spiro atoms. The molecule has 1 aromatic heterocycles. The number of nitrogens with zero attached hydrogens (tertiary/aromatic N) is 2. The number of piperidine rings is 1. The van der Waals surface area contributed by atoms with E-state index in [-0.39, 0.29) is 23.4 Å². The number of hydrogen-bond acceptors (Lipinski definition) is 4. The third-order valence-electron chi connectivity index (χ3n) is 4.51. The summed E-state index contributed by atoms with van der Waals surface area (Å²) in [5.41, 5.74) is 0.985. The Bertz CT molecular complexity index is 821. The van der Waals surface area contributed by atoms with Crippen molar-refractivity contribution in [3.63, 3.8) is 0 Å². The molecule has 2 heterocycles. The van der Waals surface area contributed by atoms with Crippen LogP contribution in [-0.2, 0) is 9.53 Å². The summed E-state index contributed by atoms with van der Waals surface area (Å²) < 4.78 is 6.23. The summed E-state index contributed by atoms with van der Waals surface area (Å²) in [4.78, 5) is 38.1. The molecule has 1 aromatic carbocycles. The molecular formula is C19H20N2O4. The van der Waals surface area contributed by atoms with E-state index in [4.69, 9.17) is 4.74 Å². The highest BCUT2D eigenvalue weighted by molar-refractivity contribution is 5.94. The van der Waals surface area contributed by atoms with Crippen LogP contribution in [0.2, 0.25) is 0 Å². The van der Waals surface area contributed by atoms with Crippen LogP contribution in [0.4, 0.5) is 0 Å². The predicted molar refractivity (Wildman–Crippen MR) is 92.7 cm³/mol. The maximum absolute atomic E-state index is 12.7. The van der Waals surface area contributed by atoms with Gasteiger partial charge < -0.3 is 9.64 Å². The fourth-order valence-electron chi connectivity index (χ4n) is 3.07. The van der Waals surface area contributed by atoms with E-state index in [9.17, 15) is 14.4 Å². The van der Waals surface area contributed by atoms with Crippen LogP contribution in [0.1, 0.15) is 23.2 Å². The van der Waals surface area contributed by atoms with E-state index in [1.807, 2.05) is 30.3 Å². The monoisotopic (exact) mass is 340 g/mol. The lowest BCUT2D eigenvalue weighted by Gasteiger charge is -2.30. The van der Waals surface area contributed by atoms with Crippen LogP contribution in [0.15, 0.2) is 53.5 Å². The van der Waals surface area contributed by atoms with Crippen LogP contribution >= 0.6 is 0 Å². The van der Waals surface area contributed by atoms with Crippen LogP contribution in [0.25, 0.3) is 5.69 Å². The van der Waals surface area contributed by atoms with Gasteiger partial charge in [-0.1, -0.05) is 18.2 Å². The minimum Gasteiger partial charge on any atom is -0.469 e. The van der Waals surface area contributed by atoms with E-state index in [1.165, 1.54) is 17.7 Å². The zero-order valence-corrected chi connectivity index (χ0v) is 14.1. The summed E-state index contributed by atoms with van der Waals surface area (Å²) in [7, 11) is 1.38. The molecule has 3 rings (SSSR count). The molecule has 1 fully saturated rings. The highest BCUT2D eigenvalue weighted by Gasteiger charge is 2.28. The Hall–Kier alpha value is -2.89. The number of likely N-dealkylation sites (tertiary alicyclic amines) is 1. The highest BCUT2D eigenvalue weighted by atomic mass is 16.5. The zero-order valence-electron chi connectivity index (χ0n) is 14.1. The molecule has 1 aliphatic rings. The normalized spacial score (nSPS) is 15.0. The molecule has 6 nitrogen and oxygen atoms in total. The fourth-order valence-corrected chi connectivity index (χ4v) is 3.07. The topological polar surface area (TPSA) is 68.6 Å². The van der Waals surface area contributed by atoms with E-state index in [2.05, 4.69) is 0 Å². The van der Waals surface area contributed by atoms with Gasteiger partial charge in [0.2, 0.25) is 0 Å². The first-order valence-electron chi connectivity index (χ1n) is 8.25. The number of amides is 1. The van der Waals surface area contributed by atoms with Crippen LogP contribution < -0.4 is 5.56 Å². The number of ether oxygens (including phenoxy) is 1. The summed E-state index contributed by atoms with van der Waals surface area (Å²) >= 11 is 0. The molecule has 6 heteroatoms. The molecule has 1 aliphatic heterocycles. The predicted octanol–water partition coefficient (Wildman–Crippen LogP) is 1.86. The summed E-state index contributed by atoms with van der Waals surface area (Å²) in [6.45, 7) is 1.01. The molecule has 0 bridgehead atoms. The van der Waals surface area contributed by atoms with E-state index in [0.29, 0.717) is 37.2 Å². The summed E-state index contributed by atoms with van der Waals surface area (Å²) in [5.74, 6) is -0.495. The number of hydrogen-bond donors (Lipinski definition) is 0. The minimum atomic E-state index is -0.218. The Morgan fingerprint density at radius 3 is 2.36 bits per heavy atom. The van der Waals surface area contributed by atoms with Crippen LogP contribution in [-0.4, -0.2) is 41.5 Å². The van der Waals surface area contributed by atoms with Crippen molar-refractivity contribution in [3.8, 4) is 5.69 Å². The first kappa shape index (κ1) is 17.0. The van der Waals surface area contributed by atoms with Gasteiger partial charge in [-0.3, -0.25) is 19.0 Å². The van der Waals surface area contributed by atoms with Crippen molar-refractivity contribution in [2.75, 3.05) is 20.2 Å².